The van der Waals surface area contributed by atoms with Crippen LogP contribution in [0.4, 0.5) is 0 Å². The molecule has 0 radical (unpaired) electrons. The summed E-state index contributed by atoms with van der Waals surface area (Å²) < 4.78 is 5.68. The minimum Gasteiger partial charge on any atom is -0.482 e. The number of likely N-dealkylation sites (tertiary alicyclic amines) is 1. The summed E-state index contributed by atoms with van der Waals surface area (Å²) in [6, 6.07) is 14.8. The first kappa shape index (κ1) is 21.9. The molecular weight excluding hydrogens is 407 g/mol. The van der Waals surface area contributed by atoms with Crippen LogP contribution in [0.2, 0.25) is 10.0 Å². The van der Waals surface area contributed by atoms with Crippen molar-refractivity contribution in [1.82, 2.24) is 9.80 Å². The predicted octanol–water partition coefficient (Wildman–Crippen LogP) is 5.13. The normalized spacial score (nSPS) is 15.3. The number of hydrogen-bond donors (Lipinski definition) is 0. The number of hydrogen-bond acceptors (Lipinski definition) is 3. The van der Waals surface area contributed by atoms with E-state index in [4.69, 9.17) is 27.9 Å². The van der Waals surface area contributed by atoms with Crippen LogP contribution < -0.4 is 4.74 Å². The number of rotatable bonds is 8. The van der Waals surface area contributed by atoms with Gasteiger partial charge in [-0.3, -0.25) is 4.79 Å². The average Bonchev–Trinajstić information content (AvgIpc) is 2.73. The minimum atomic E-state index is -0.0507. The summed E-state index contributed by atoms with van der Waals surface area (Å²) in [5.41, 5.74) is 1.05. The predicted molar refractivity (Wildman–Crippen MR) is 119 cm³/mol. The highest BCUT2D eigenvalue weighted by Crippen LogP contribution is 2.23. The molecule has 4 nitrogen and oxygen atoms in total. The third-order valence-electron chi connectivity index (χ3n) is 5.39. The number of carbonyl (C=O) groups is 1. The van der Waals surface area contributed by atoms with Gasteiger partial charge in [0.05, 0.1) is 5.02 Å². The van der Waals surface area contributed by atoms with Crippen LogP contribution in [0.5, 0.6) is 5.75 Å². The van der Waals surface area contributed by atoms with Gasteiger partial charge in [-0.25, -0.2) is 0 Å². The van der Waals surface area contributed by atoms with Gasteiger partial charge < -0.3 is 14.5 Å². The molecule has 1 saturated heterocycles. The second-order valence-electron chi connectivity index (χ2n) is 7.69. The van der Waals surface area contributed by atoms with Crippen molar-refractivity contribution in [2.24, 2.45) is 5.92 Å². The van der Waals surface area contributed by atoms with Crippen molar-refractivity contribution >= 4 is 29.1 Å². The minimum absolute atomic E-state index is 0.0334. The number of ether oxygens (including phenoxy) is 1. The fourth-order valence-corrected chi connectivity index (χ4v) is 3.76. The van der Waals surface area contributed by atoms with E-state index in [2.05, 4.69) is 11.8 Å². The van der Waals surface area contributed by atoms with E-state index in [9.17, 15) is 4.79 Å². The lowest BCUT2D eigenvalue weighted by molar-refractivity contribution is -0.134. The number of halogens is 2. The van der Waals surface area contributed by atoms with E-state index >= 15 is 0 Å². The first-order valence-electron chi connectivity index (χ1n) is 10.1. The topological polar surface area (TPSA) is 32.8 Å². The fourth-order valence-electron chi connectivity index (χ4n) is 3.44. The molecule has 0 atom stereocenters. The maximum Gasteiger partial charge on any atom is 0.260 e. The quantitative estimate of drug-likeness (QED) is 0.576. The Hall–Kier alpha value is -1.75. The van der Waals surface area contributed by atoms with Crippen LogP contribution in [0.3, 0.4) is 0 Å². The number of carbonyl (C=O) groups excluding carboxylic acids is 1. The van der Waals surface area contributed by atoms with Gasteiger partial charge in [-0.2, -0.15) is 0 Å². The number of nitrogens with zero attached hydrogens (tertiary/aromatic N) is 2. The molecule has 29 heavy (non-hydrogen) atoms. The van der Waals surface area contributed by atoms with E-state index in [1.54, 1.807) is 12.1 Å². The maximum atomic E-state index is 12.9. The Kier molecular flexibility index (Phi) is 8.22. The second kappa shape index (κ2) is 10.9. The summed E-state index contributed by atoms with van der Waals surface area (Å²) in [6.07, 6.45) is 2.45. The Balaban J connectivity index is 1.61. The van der Waals surface area contributed by atoms with Crippen LogP contribution in [0.1, 0.15) is 25.3 Å². The lowest BCUT2D eigenvalue weighted by Crippen LogP contribution is -2.42. The van der Waals surface area contributed by atoms with Crippen LogP contribution in [0.25, 0.3) is 0 Å². The molecule has 156 valence electrons. The van der Waals surface area contributed by atoms with Gasteiger partial charge in [0.15, 0.2) is 6.61 Å². The molecule has 0 spiro atoms. The van der Waals surface area contributed by atoms with E-state index in [-0.39, 0.29) is 12.5 Å². The Morgan fingerprint density at radius 1 is 1.10 bits per heavy atom. The molecule has 2 aromatic rings. The van der Waals surface area contributed by atoms with E-state index in [0.717, 1.165) is 31.1 Å². The molecule has 2 aromatic carbocycles. The van der Waals surface area contributed by atoms with E-state index < -0.39 is 0 Å². The highest BCUT2D eigenvalue weighted by molar-refractivity contribution is 6.32. The van der Waals surface area contributed by atoms with Gasteiger partial charge in [-0.15, -0.1) is 0 Å². The van der Waals surface area contributed by atoms with Crippen LogP contribution >= 0.6 is 23.2 Å². The Morgan fingerprint density at radius 3 is 2.48 bits per heavy atom. The average molecular weight is 435 g/mol. The summed E-state index contributed by atoms with van der Waals surface area (Å²) in [6.45, 7) is 6.54. The molecule has 0 saturated carbocycles. The van der Waals surface area contributed by atoms with Gasteiger partial charge in [0.25, 0.3) is 5.91 Å². The number of amides is 1. The number of piperidine rings is 1. The van der Waals surface area contributed by atoms with Gasteiger partial charge in [-0.05, 0) is 61.7 Å². The Morgan fingerprint density at radius 2 is 1.79 bits per heavy atom. The van der Waals surface area contributed by atoms with Gasteiger partial charge >= 0.3 is 0 Å². The van der Waals surface area contributed by atoms with Crippen LogP contribution in [-0.4, -0.2) is 48.5 Å². The van der Waals surface area contributed by atoms with Crippen LogP contribution in [0, 0.1) is 5.92 Å². The van der Waals surface area contributed by atoms with Gasteiger partial charge in [-0.1, -0.05) is 54.4 Å². The largest absolute Gasteiger partial charge is 0.482 e. The summed E-state index contributed by atoms with van der Waals surface area (Å²) in [5.74, 6) is 1.27. The molecule has 1 fully saturated rings. The van der Waals surface area contributed by atoms with Crippen molar-refractivity contribution in [3.8, 4) is 5.75 Å². The summed E-state index contributed by atoms with van der Waals surface area (Å²) >= 11 is 12.1. The summed E-state index contributed by atoms with van der Waals surface area (Å²) in [5, 5.41) is 1.20. The van der Waals surface area contributed by atoms with Gasteiger partial charge in [0, 0.05) is 24.7 Å². The zero-order chi connectivity index (χ0) is 20.6. The third-order valence-corrected chi connectivity index (χ3v) is 5.95. The molecule has 1 aliphatic heterocycles. The highest BCUT2D eigenvalue weighted by atomic mass is 35.5. The standard InChI is InChI=1S/C23H28Cl2N2O2/c1-18-10-12-26(13-11-18)14-15-27(16-19-6-8-20(24)9-7-19)23(28)17-29-22-5-3-2-4-21(22)25/h2-9,18H,10-17H2,1H3. The van der Waals surface area contributed by atoms with Crippen molar-refractivity contribution in [2.45, 2.75) is 26.3 Å². The van der Waals surface area contributed by atoms with Crippen LogP contribution in [-0.2, 0) is 11.3 Å². The van der Waals surface area contributed by atoms with Crippen molar-refractivity contribution in [3.05, 3.63) is 64.1 Å². The zero-order valence-electron chi connectivity index (χ0n) is 16.8. The third kappa shape index (κ3) is 6.91. The monoisotopic (exact) mass is 434 g/mol. The smallest absolute Gasteiger partial charge is 0.260 e. The fraction of sp³-hybridized carbons (Fsp3) is 0.435. The Labute approximate surface area is 183 Å². The Bertz CT molecular complexity index is 790. The lowest BCUT2D eigenvalue weighted by Gasteiger charge is -2.32. The first-order valence-corrected chi connectivity index (χ1v) is 10.9. The molecule has 0 bridgehead atoms. The van der Waals surface area contributed by atoms with E-state index in [1.807, 2.05) is 41.3 Å². The molecule has 1 aliphatic rings. The molecule has 3 rings (SSSR count). The second-order valence-corrected chi connectivity index (χ2v) is 8.53. The van der Waals surface area contributed by atoms with Crippen molar-refractivity contribution in [1.29, 1.82) is 0 Å². The molecule has 1 amide bonds. The first-order chi connectivity index (χ1) is 14.0. The summed E-state index contributed by atoms with van der Waals surface area (Å²) in [4.78, 5) is 17.2. The molecule has 0 aromatic heterocycles. The zero-order valence-corrected chi connectivity index (χ0v) is 18.3. The van der Waals surface area contributed by atoms with Gasteiger partial charge in [0.2, 0.25) is 0 Å². The van der Waals surface area contributed by atoms with Crippen molar-refractivity contribution < 1.29 is 9.53 Å². The van der Waals surface area contributed by atoms with Crippen molar-refractivity contribution in [2.75, 3.05) is 32.8 Å². The molecule has 0 N–H and O–H groups in total. The maximum absolute atomic E-state index is 12.9. The lowest BCUT2D eigenvalue weighted by atomic mass is 9.99. The number of benzene rings is 2. The SMILES string of the molecule is CC1CCN(CCN(Cc2ccc(Cl)cc2)C(=O)COc2ccccc2Cl)CC1. The molecule has 1 heterocycles. The van der Waals surface area contributed by atoms with Gasteiger partial charge in [0.1, 0.15) is 5.75 Å². The summed E-state index contributed by atoms with van der Waals surface area (Å²) in [7, 11) is 0. The van der Waals surface area contributed by atoms with Crippen molar-refractivity contribution in [3.63, 3.8) is 0 Å². The van der Waals surface area contributed by atoms with E-state index in [1.165, 1.54) is 12.8 Å². The molecule has 0 unspecified atom stereocenters. The molecule has 6 heteroatoms. The molecular formula is C23H28Cl2N2O2. The van der Waals surface area contributed by atoms with Crippen LogP contribution in [0.15, 0.2) is 48.5 Å². The highest BCUT2D eigenvalue weighted by Gasteiger charge is 2.19. The molecule has 0 aliphatic carbocycles. The number of para-hydroxylation sites is 1. The van der Waals surface area contributed by atoms with E-state index in [0.29, 0.717) is 28.9 Å².